The Morgan fingerprint density at radius 1 is 1.15 bits per heavy atom. The van der Waals surface area contributed by atoms with Gasteiger partial charge >= 0.3 is 6.03 Å². The van der Waals surface area contributed by atoms with Crippen LogP contribution < -0.4 is 15.0 Å². The van der Waals surface area contributed by atoms with Crippen molar-refractivity contribution in [3.63, 3.8) is 0 Å². The molecule has 0 saturated carbocycles. The first-order valence-electron chi connectivity index (χ1n) is 12.9. The van der Waals surface area contributed by atoms with Crippen molar-refractivity contribution in [3.05, 3.63) is 83.9 Å². The minimum atomic E-state index is -0.362. The van der Waals surface area contributed by atoms with Gasteiger partial charge < -0.3 is 19.9 Å². The fourth-order valence-corrected chi connectivity index (χ4v) is 6.36. The van der Waals surface area contributed by atoms with Crippen LogP contribution in [0.4, 0.5) is 21.9 Å². The number of para-hydroxylation sites is 1. The zero-order chi connectivity index (χ0) is 28.0. The number of likely N-dealkylation sites (N-methyl/N-ethyl adjacent to an activating group) is 1. The standard InChI is InChI=1S/C30H27N5O4S/c1-4-24(36)34-15-13-19(17-34)33(3)29(37)27-26-25-23(12-14-31-28(25)40-27)35(30(38)32-26)22-11-10-21(16-18(22)2)39-20-8-6-5-7-9-20/h4-12,14,16,19H,1,13,15,17H2,2-3H3,(H,32,38). The Morgan fingerprint density at radius 3 is 2.70 bits per heavy atom. The predicted octanol–water partition coefficient (Wildman–Crippen LogP) is 5.94. The molecule has 0 radical (unpaired) electrons. The van der Waals surface area contributed by atoms with E-state index < -0.39 is 0 Å². The normalized spacial score (nSPS) is 16.1. The minimum Gasteiger partial charge on any atom is -0.457 e. The van der Waals surface area contributed by atoms with Crippen LogP contribution in [0.3, 0.4) is 0 Å². The van der Waals surface area contributed by atoms with Crippen molar-refractivity contribution in [1.82, 2.24) is 14.8 Å². The number of ether oxygens (including phenoxy) is 1. The van der Waals surface area contributed by atoms with Crippen LogP contribution in [0.15, 0.2) is 73.4 Å². The van der Waals surface area contributed by atoms with Crippen molar-refractivity contribution in [2.45, 2.75) is 19.4 Å². The molecular weight excluding hydrogens is 526 g/mol. The second kappa shape index (κ2) is 10.1. The van der Waals surface area contributed by atoms with Gasteiger partial charge in [0, 0.05) is 26.3 Å². The van der Waals surface area contributed by atoms with Gasteiger partial charge in [-0.05, 0) is 61.4 Å². The van der Waals surface area contributed by atoms with Crippen molar-refractivity contribution < 1.29 is 19.1 Å². The highest BCUT2D eigenvalue weighted by Crippen LogP contribution is 2.47. The Labute approximate surface area is 235 Å². The minimum absolute atomic E-state index is 0.128. The van der Waals surface area contributed by atoms with Gasteiger partial charge in [0.05, 0.1) is 28.5 Å². The van der Waals surface area contributed by atoms with Gasteiger partial charge in [0.1, 0.15) is 21.2 Å². The van der Waals surface area contributed by atoms with Crippen LogP contribution in [-0.4, -0.2) is 58.8 Å². The molecule has 0 spiro atoms. The third kappa shape index (κ3) is 4.36. The lowest BCUT2D eigenvalue weighted by atomic mass is 10.1. The number of benzene rings is 2. The number of nitrogens with one attached hydrogen (secondary N) is 1. The molecule has 2 aliphatic heterocycles. The third-order valence-electron chi connectivity index (χ3n) is 7.35. The lowest BCUT2D eigenvalue weighted by Gasteiger charge is -2.30. The first-order chi connectivity index (χ1) is 19.4. The van der Waals surface area contributed by atoms with E-state index in [9.17, 15) is 14.4 Å². The van der Waals surface area contributed by atoms with Gasteiger partial charge in [-0.1, -0.05) is 24.8 Å². The van der Waals surface area contributed by atoms with Gasteiger partial charge in [-0.2, -0.15) is 0 Å². The van der Waals surface area contributed by atoms with Gasteiger partial charge in [0.2, 0.25) is 5.91 Å². The molecule has 0 aliphatic carbocycles. The number of carbonyl (C=O) groups excluding carboxylic acids is 3. The third-order valence-corrected chi connectivity index (χ3v) is 8.43. The zero-order valence-corrected chi connectivity index (χ0v) is 22.9. The van der Waals surface area contributed by atoms with Gasteiger partial charge in [0.15, 0.2) is 0 Å². The summed E-state index contributed by atoms with van der Waals surface area (Å²) in [5, 5.41) is 3.69. The van der Waals surface area contributed by atoms with Crippen LogP contribution >= 0.6 is 11.3 Å². The molecule has 1 fully saturated rings. The average Bonchev–Trinajstić information content (AvgIpc) is 3.60. The number of rotatable bonds is 6. The summed E-state index contributed by atoms with van der Waals surface area (Å²) in [7, 11) is 1.74. The molecule has 1 unspecified atom stereocenters. The maximum absolute atomic E-state index is 13.7. The van der Waals surface area contributed by atoms with Crippen LogP contribution in [0, 0.1) is 6.92 Å². The smallest absolute Gasteiger partial charge is 0.331 e. The second-order valence-electron chi connectivity index (χ2n) is 9.79. The number of nitrogens with zero attached hydrogens (tertiary/aromatic N) is 4. The number of hydrogen-bond acceptors (Lipinski definition) is 6. The molecule has 202 valence electrons. The van der Waals surface area contributed by atoms with Crippen molar-refractivity contribution in [2.24, 2.45) is 0 Å². The lowest BCUT2D eigenvalue weighted by molar-refractivity contribution is -0.125. The van der Waals surface area contributed by atoms with E-state index in [4.69, 9.17) is 4.74 Å². The summed E-state index contributed by atoms with van der Waals surface area (Å²) in [4.78, 5) is 49.8. The molecule has 9 nitrogen and oxygen atoms in total. The van der Waals surface area contributed by atoms with E-state index in [2.05, 4.69) is 16.9 Å². The largest absolute Gasteiger partial charge is 0.457 e. The first kappa shape index (κ1) is 25.6. The summed E-state index contributed by atoms with van der Waals surface area (Å²) >= 11 is 1.26. The van der Waals surface area contributed by atoms with E-state index in [1.54, 1.807) is 34.0 Å². The topological polar surface area (TPSA) is 95.1 Å². The van der Waals surface area contributed by atoms with Gasteiger partial charge in [-0.15, -0.1) is 11.3 Å². The maximum Gasteiger partial charge on any atom is 0.331 e. The summed E-state index contributed by atoms with van der Waals surface area (Å²) < 4.78 is 5.97. The summed E-state index contributed by atoms with van der Waals surface area (Å²) in [5.41, 5.74) is 2.68. The summed E-state index contributed by atoms with van der Waals surface area (Å²) in [6, 6.07) is 16.4. The number of urea groups is 1. The molecule has 1 saturated heterocycles. The molecule has 10 heteroatoms. The molecule has 2 aromatic heterocycles. The number of pyridine rings is 1. The fraction of sp³-hybridized carbons (Fsp3) is 0.200. The number of thiophene rings is 1. The zero-order valence-electron chi connectivity index (χ0n) is 22.1. The Kier molecular flexibility index (Phi) is 6.47. The van der Waals surface area contributed by atoms with Crippen LogP contribution in [-0.2, 0) is 4.79 Å². The Hall–Kier alpha value is -4.70. The molecule has 1 N–H and O–H groups in total. The Bertz CT molecular complexity index is 1670. The van der Waals surface area contributed by atoms with E-state index in [1.165, 1.54) is 17.4 Å². The van der Waals surface area contributed by atoms with E-state index in [0.29, 0.717) is 52.0 Å². The van der Waals surface area contributed by atoms with Gasteiger partial charge in [-0.25, -0.2) is 9.78 Å². The van der Waals surface area contributed by atoms with E-state index in [0.717, 1.165) is 16.7 Å². The Balaban J connectivity index is 1.32. The second-order valence-corrected chi connectivity index (χ2v) is 10.8. The molecule has 1 atom stereocenters. The number of aromatic nitrogens is 1. The SMILES string of the molecule is C=CC(=O)N1CCC(N(C)C(=O)c2sc3nccc4c3c2NC(=O)N4c2ccc(Oc3ccccc3)cc2C)C1. The molecule has 2 aromatic carbocycles. The maximum atomic E-state index is 13.7. The lowest BCUT2D eigenvalue weighted by Crippen LogP contribution is -2.40. The molecule has 4 amide bonds. The van der Waals surface area contributed by atoms with E-state index >= 15 is 0 Å². The molecule has 0 bridgehead atoms. The molecular formula is C30H27N5O4S. The van der Waals surface area contributed by atoms with E-state index in [1.807, 2.05) is 55.5 Å². The first-order valence-corrected chi connectivity index (χ1v) is 13.7. The van der Waals surface area contributed by atoms with Gasteiger partial charge in [-0.3, -0.25) is 14.5 Å². The number of carbonyl (C=O) groups is 3. The number of amides is 4. The number of hydrogen-bond donors (Lipinski definition) is 1. The number of aryl methyl sites for hydroxylation is 1. The van der Waals surface area contributed by atoms with Crippen molar-refractivity contribution in [3.8, 4) is 11.5 Å². The molecule has 4 aromatic rings. The van der Waals surface area contributed by atoms with E-state index in [-0.39, 0.29) is 23.9 Å². The van der Waals surface area contributed by atoms with Crippen molar-refractivity contribution in [2.75, 3.05) is 30.4 Å². The Morgan fingerprint density at radius 2 is 1.95 bits per heavy atom. The van der Waals surface area contributed by atoms with Crippen molar-refractivity contribution >= 4 is 56.5 Å². The van der Waals surface area contributed by atoms with Crippen LogP contribution in [0.1, 0.15) is 21.7 Å². The highest BCUT2D eigenvalue weighted by Gasteiger charge is 2.36. The quantitative estimate of drug-likeness (QED) is 0.298. The molecule has 2 aliphatic rings. The monoisotopic (exact) mass is 553 g/mol. The number of likely N-dealkylation sites (tertiary alicyclic amines) is 1. The van der Waals surface area contributed by atoms with Gasteiger partial charge in [0.25, 0.3) is 5.91 Å². The predicted molar refractivity (Wildman–Crippen MR) is 156 cm³/mol. The molecule has 6 rings (SSSR count). The van der Waals surface area contributed by atoms with Crippen LogP contribution in [0.5, 0.6) is 11.5 Å². The summed E-state index contributed by atoms with van der Waals surface area (Å²) in [5.74, 6) is 1.03. The van der Waals surface area contributed by atoms with Crippen LogP contribution in [0.2, 0.25) is 0 Å². The summed E-state index contributed by atoms with van der Waals surface area (Å²) in [6.45, 7) is 6.49. The molecule has 4 heterocycles. The molecule has 40 heavy (non-hydrogen) atoms. The fourth-order valence-electron chi connectivity index (χ4n) is 5.25. The number of anilines is 3. The highest BCUT2D eigenvalue weighted by molar-refractivity contribution is 7.21. The van der Waals surface area contributed by atoms with Crippen molar-refractivity contribution in [1.29, 1.82) is 0 Å². The highest BCUT2D eigenvalue weighted by atomic mass is 32.1. The average molecular weight is 554 g/mol. The van der Waals surface area contributed by atoms with Crippen LogP contribution in [0.25, 0.3) is 10.2 Å². The summed E-state index contributed by atoms with van der Waals surface area (Å²) in [6.07, 6.45) is 3.62.